The Hall–Kier alpha value is -2.70. The SMILES string of the molecule is NC[C@H]1NC(=O)[C@H]1NC(=O)C(OCc1ccccc1)c1ccccc1. The Labute approximate surface area is 146 Å². The molecule has 1 unspecified atom stereocenters. The molecule has 25 heavy (non-hydrogen) atoms. The van der Waals surface area contributed by atoms with Crippen LogP contribution >= 0.6 is 0 Å². The summed E-state index contributed by atoms with van der Waals surface area (Å²) < 4.78 is 5.87. The molecule has 3 rings (SSSR count). The molecule has 0 bridgehead atoms. The third-order valence-corrected chi connectivity index (χ3v) is 4.16. The fourth-order valence-corrected chi connectivity index (χ4v) is 2.74. The van der Waals surface area contributed by atoms with E-state index in [1.807, 2.05) is 60.7 Å². The lowest BCUT2D eigenvalue weighted by atomic mass is 9.98. The molecule has 6 heteroatoms. The number of benzene rings is 2. The molecular weight excluding hydrogens is 318 g/mol. The molecule has 6 nitrogen and oxygen atoms in total. The third kappa shape index (κ3) is 4.04. The Morgan fingerprint density at radius 1 is 1.12 bits per heavy atom. The van der Waals surface area contributed by atoms with Gasteiger partial charge < -0.3 is 21.1 Å². The van der Waals surface area contributed by atoms with Crippen LogP contribution in [-0.2, 0) is 20.9 Å². The lowest BCUT2D eigenvalue weighted by Crippen LogP contribution is -2.71. The second-order valence-corrected chi connectivity index (χ2v) is 5.92. The van der Waals surface area contributed by atoms with Crippen molar-refractivity contribution in [2.45, 2.75) is 24.8 Å². The number of nitrogens with two attached hydrogens (primary N) is 1. The minimum absolute atomic E-state index is 0.223. The molecule has 3 atom stereocenters. The molecular formula is C19H21N3O3. The summed E-state index contributed by atoms with van der Waals surface area (Å²) in [6.07, 6.45) is -0.798. The maximum Gasteiger partial charge on any atom is 0.254 e. The summed E-state index contributed by atoms with van der Waals surface area (Å²) in [5, 5.41) is 5.41. The molecule has 1 aliphatic rings. The summed E-state index contributed by atoms with van der Waals surface area (Å²) in [4.78, 5) is 24.4. The van der Waals surface area contributed by atoms with Crippen molar-refractivity contribution in [3.8, 4) is 0 Å². The number of carbonyl (C=O) groups excluding carboxylic acids is 2. The van der Waals surface area contributed by atoms with E-state index in [9.17, 15) is 9.59 Å². The highest BCUT2D eigenvalue weighted by molar-refractivity contribution is 5.94. The van der Waals surface area contributed by atoms with Gasteiger partial charge in [-0.3, -0.25) is 9.59 Å². The fraction of sp³-hybridized carbons (Fsp3) is 0.263. The van der Waals surface area contributed by atoms with Crippen molar-refractivity contribution < 1.29 is 14.3 Å². The molecule has 1 aliphatic heterocycles. The number of hydrogen-bond donors (Lipinski definition) is 3. The van der Waals surface area contributed by atoms with Crippen LogP contribution in [0.25, 0.3) is 0 Å². The van der Waals surface area contributed by atoms with Crippen molar-refractivity contribution in [1.29, 1.82) is 0 Å². The van der Waals surface area contributed by atoms with Crippen molar-refractivity contribution in [2.24, 2.45) is 5.73 Å². The van der Waals surface area contributed by atoms with Crippen molar-refractivity contribution in [1.82, 2.24) is 10.6 Å². The highest BCUT2D eigenvalue weighted by atomic mass is 16.5. The number of β-lactam (4-membered cyclic amide) rings is 1. The summed E-state index contributed by atoms with van der Waals surface area (Å²) >= 11 is 0. The topological polar surface area (TPSA) is 93.5 Å². The molecule has 2 aromatic carbocycles. The van der Waals surface area contributed by atoms with Gasteiger partial charge in [0.25, 0.3) is 5.91 Å². The van der Waals surface area contributed by atoms with E-state index in [0.29, 0.717) is 6.61 Å². The van der Waals surface area contributed by atoms with Gasteiger partial charge in [0.1, 0.15) is 6.04 Å². The molecule has 0 saturated carbocycles. The Kier molecular flexibility index (Phi) is 5.42. The zero-order valence-corrected chi connectivity index (χ0v) is 13.7. The smallest absolute Gasteiger partial charge is 0.254 e. The van der Waals surface area contributed by atoms with Crippen LogP contribution in [-0.4, -0.2) is 30.4 Å². The van der Waals surface area contributed by atoms with E-state index in [1.54, 1.807) is 0 Å². The summed E-state index contributed by atoms with van der Waals surface area (Å²) in [7, 11) is 0. The maximum atomic E-state index is 12.7. The van der Waals surface area contributed by atoms with Crippen LogP contribution in [0.15, 0.2) is 60.7 Å². The second kappa shape index (κ2) is 7.92. The summed E-state index contributed by atoms with van der Waals surface area (Å²) in [6.45, 7) is 0.572. The number of ether oxygens (including phenoxy) is 1. The molecule has 1 fully saturated rings. The van der Waals surface area contributed by atoms with Gasteiger partial charge in [0, 0.05) is 6.54 Å². The van der Waals surface area contributed by atoms with E-state index < -0.39 is 12.1 Å². The molecule has 0 spiro atoms. The van der Waals surface area contributed by atoms with Crippen LogP contribution in [0.2, 0.25) is 0 Å². The van der Waals surface area contributed by atoms with E-state index in [2.05, 4.69) is 10.6 Å². The summed E-state index contributed by atoms with van der Waals surface area (Å²) in [6, 6.07) is 18.0. The molecule has 0 aromatic heterocycles. The van der Waals surface area contributed by atoms with Crippen LogP contribution in [0.1, 0.15) is 17.2 Å². The maximum absolute atomic E-state index is 12.7. The van der Waals surface area contributed by atoms with Gasteiger partial charge in [-0.2, -0.15) is 0 Å². The minimum Gasteiger partial charge on any atom is -0.359 e. The van der Waals surface area contributed by atoms with Gasteiger partial charge in [-0.05, 0) is 11.1 Å². The van der Waals surface area contributed by atoms with E-state index in [4.69, 9.17) is 10.5 Å². The lowest BCUT2D eigenvalue weighted by Gasteiger charge is -2.37. The molecule has 2 aromatic rings. The van der Waals surface area contributed by atoms with Gasteiger partial charge in [0.2, 0.25) is 5.91 Å². The molecule has 0 radical (unpaired) electrons. The Morgan fingerprint density at radius 3 is 2.36 bits per heavy atom. The predicted octanol–water partition coefficient (Wildman–Crippen LogP) is 0.886. The highest BCUT2D eigenvalue weighted by Gasteiger charge is 2.40. The first-order chi connectivity index (χ1) is 12.2. The monoisotopic (exact) mass is 339 g/mol. The Morgan fingerprint density at radius 2 is 1.76 bits per heavy atom. The Balaban J connectivity index is 1.72. The lowest BCUT2D eigenvalue weighted by molar-refractivity contribution is -0.142. The van der Waals surface area contributed by atoms with Crippen molar-refractivity contribution in [3.05, 3.63) is 71.8 Å². The van der Waals surface area contributed by atoms with Crippen LogP contribution in [0, 0.1) is 0 Å². The average molecular weight is 339 g/mol. The first-order valence-electron chi connectivity index (χ1n) is 8.20. The van der Waals surface area contributed by atoms with Crippen molar-refractivity contribution in [2.75, 3.05) is 6.54 Å². The van der Waals surface area contributed by atoms with Gasteiger partial charge in [-0.15, -0.1) is 0 Å². The zero-order chi connectivity index (χ0) is 17.6. The first kappa shape index (κ1) is 17.1. The largest absolute Gasteiger partial charge is 0.359 e. The van der Waals surface area contributed by atoms with Crippen molar-refractivity contribution >= 4 is 11.8 Å². The van der Waals surface area contributed by atoms with E-state index in [1.165, 1.54) is 0 Å². The van der Waals surface area contributed by atoms with Crippen LogP contribution in [0.5, 0.6) is 0 Å². The number of amides is 2. The average Bonchev–Trinajstić information content (AvgIpc) is 2.66. The van der Waals surface area contributed by atoms with Gasteiger partial charge >= 0.3 is 0 Å². The normalized spacial score (nSPS) is 20.3. The molecule has 2 amide bonds. The van der Waals surface area contributed by atoms with Gasteiger partial charge in [0.15, 0.2) is 6.10 Å². The summed E-state index contributed by atoms with van der Waals surface area (Å²) in [5.74, 6) is -0.570. The van der Waals surface area contributed by atoms with Crippen LogP contribution in [0.4, 0.5) is 0 Å². The van der Waals surface area contributed by atoms with E-state index >= 15 is 0 Å². The molecule has 130 valence electrons. The second-order valence-electron chi connectivity index (χ2n) is 5.92. The van der Waals surface area contributed by atoms with Gasteiger partial charge in [-0.1, -0.05) is 60.7 Å². The Bertz CT molecular complexity index is 721. The molecule has 0 aliphatic carbocycles. The van der Waals surface area contributed by atoms with Crippen molar-refractivity contribution in [3.63, 3.8) is 0 Å². The molecule has 4 N–H and O–H groups in total. The summed E-state index contributed by atoms with van der Waals surface area (Å²) in [5.41, 5.74) is 7.29. The van der Waals surface area contributed by atoms with E-state index in [-0.39, 0.29) is 24.4 Å². The minimum atomic E-state index is -0.798. The van der Waals surface area contributed by atoms with Crippen LogP contribution in [0.3, 0.4) is 0 Å². The zero-order valence-electron chi connectivity index (χ0n) is 13.7. The third-order valence-electron chi connectivity index (χ3n) is 4.16. The first-order valence-corrected chi connectivity index (χ1v) is 8.20. The number of carbonyl (C=O) groups is 2. The van der Waals surface area contributed by atoms with E-state index in [0.717, 1.165) is 11.1 Å². The number of rotatable bonds is 7. The predicted molar refractivity (Wildman–Crippen MR) is 93.3 cm³/mol. The van der Waals surface area contributed by atoms with Crippen LogP contribution < -0.4 is 16.4 Å². The highest BCUT2D eigenvalue weighted by Crippen LogP contribution is 2.20. The van der Waals surface area contributed by atoms with Gasteiger partial charge in [0.05, 0.1) is 12.6 Å². The standard InChI is InChI=1S/C19H21N3O3/c20-11-15-16(18(23)21-15)22-19(24)17(14-9-5-2-6-10-14)25-12-13-7-3-1-4-8-13/h1-10,15-17H,11-12,20H2,(H,21,23)(H,22,24)/t15-,16+,17?/m1/s1. The quantitative estimate of drug-likeness (QED) is 0.653. The fourth-order valence-electron chi connectivity index (χ4n) is 2.74. The molecule has 1 saturated heterocycles. The van der Waals surface area contributed by atoms with Gasteiger partial charge in [-0.25, -0.2) is 0 Å². The number of nitrogens with one attached hydrogen (secondary N) is 2. The molecule has 1 heterocycles. The number of hydrogen-bond acceptors (Lipinski definition) is 4.